The third-order valence-electron chi connectivity index (χ3n) is 3.97. The van der Waals surface area contributed by atoms with Crippen LogP contribution in [0, 0.1) is 6.92 Å². The highest BCUT2D eigenvalue weighted by molar-refractivity contribution is 7.92. The van der Waals surface area contributed by atoms with Gasteiger partial charge in [0.05, 0.1) is 25.2 Å². The summed E-state index contributed by atoms with van der Waals surface area (Å²) in [4.78, 5) is 26.6. The summed E-state index contributed by atoms with van der Waals surface area (Å²) in [6, 6.07) is 6.59. The Labute approximate surface area is 167 Å². The molecular formula is C17H22N4O7S. The summed E-state index contributed by atoms with van der Waals surface area (Å²) in [6.45, 7) is 3.06. The zero-order valence-electron chi connectivity index (χ0n) is 16.0. The molecule has 2 aromatic rings. The van der Waals surface area contributed by atoms with E-state index in [0.29, 0.717) is 49.3 Å². The fraction of sp³-hybridized carbons (Fsp3) is 0.412. The molecule has 1 amide bonds. The van der Waals surface area contributed by atoms with Crippen LogP contribution in [-0.2, 0) is 24.3 Å². The molecule has 0 bridgehead atoms. The quantitative estimate of drug-likeness (QED) is 0.671. The van der Waals surface area contributed by atoms with Crippen LogP contribution >= 0.6 is 0 Å². The van der Waals surface area contributed by atoms with Crippen molar-refractivity contribution in [3.63, 3.8) is 0 Å². The van der Waals surface area contributed by atoms with E-state index in [1.54, 1.807) is 36.1 Å². The van der Waals surface area contributed by atoms with Crippen molar-refractivity contribution in [2.24, 2.45) is 0 Å². The smallest absolute Gasteiger partial charge is 0.290 e. The predicted molar refractivity (Wildman–Crippen MR) is 103 cm³/mol. The lowest BCUT2D eigenvalue weighted by atomic mass is 10.2. The first kappa shape index (κ1) is 22.3. The van der Waals surface area contributed by atoms with E-state index in [4.69, 9.17) is 19.2 Å². The zero-order valence-corrected chi connectivity index (χ0v) is 16.8. The van der Waals surface area contributed by atoms with E-state index >= 15 is 0 Å². The molecule has 1 saturated heterocycles. The summed E-state index contributed by atoms with van der Waals surface area (Å²) < 4.78 is 35.8. The molecule has 0 atom stereocenters. The van der Waals surface area contributed by atoms with Crippen molar-refractivity contribution in [1.29, 1.82) is 0 Å². The molecule has 0 radical (unpaired) electrons. The van der Waals surface area contributed by atoms with Gasteiger partial charge in [0.1, 0.15) is 6.54 Å². The third kappa shape index (κ3) is 6.26. The highest BCUT2D eigenvalue weighted by Crippen LogP contribution is 2.23. The number of hydrogen-bond donors (Lipinski definition) is 1. The first-order valence-electron chi connectivity index (χ1n) is 8.58. The number of hydrogen-bond acceptors (Lipinski definition) is 8. The number of aromatic nitrogens is 2. The molecule has 1 aliphatic rings. The second-order valence-corrected chi connectivity index (χ2v) is 7.97. The summed E-state index contributed by atoms with van der Waals surface area (Å²) in [6.07, 6.45) is 1.08. The Balaban J connectivity index is 0.000000941. The number of sulfonamides is 1. The Morgan fingerprint density at radius 2 is 1.86 bits per heavy atom. The largest absolute Gasteiger partial charge is 0.483 e. The lowest BCUT2D eigenvalue weighted by molar-refractivity contribution is -0.133. The van der Waals surface area contributed by atoms with Crippen LogP contribution in [0.1, 0.15) is 5.82 Å². The Morgan fingerprint density at radius 1 is 1.28 bits per heavy atom. The van der Waals surface area contributed by atoms with Crippen molar-refractivity contribution < 1.29 is 32.4 Å². The van der Waals surface area contributed by atoms with Gasteiger partial charge in [0.2, 0.25) is 15.9 Å². The molecule has 12 heteroatoms. The van der Waals surface area contributed by atoms with Crippen molar-refractivity contribution in [1.82, 2.24) is 15.0 Å². The average Bonchev–Trinajstić information content (AvgIpc) is 3.13. The average molecular weight is 426 g/mol. The molecule has 158 valence electrons. The lowest BCUT2D eigenvalue weighted by Crippen LogP contribution is -2.47. The molecule has 29 heavy (non-hydrogen) atoms. The van der Waals surface area contributed by atoms with E-state index in [-0.39, 0.29) is 18.9 Å². The summed E-state index contributed by atoms with van der Waals surface area (Å²) in [5.41, 5.74) is 1.07. The second kappa shape index (κ2) is 9.98. The molecule has 2 heterocycles. The van der Waals surface area contributed by atoms with Crippen molar-refractivity contribution >= 4 is 28.1 Å². The van der Waals surface area contributed by atoms with Gasteiger partial charge in [0.25, 0.3) is 12.4 Å². The topological polar surface area (TPSA) is 143 Å². The molecule has 1 aliphatic heterocycles. The van der Waals surface area contributed by atoms with Crippen molar-refractivity contribution in [3.8, 4) is 11.5 Å². The Bertz CT molecular complexity index is 922. The number of rotatable bonds is 5. The van der Waals surface area contributed by atoms with E-state index in [0.717, 1.165) is 10.6 Å². The number of aryl methyl sites for hydroxylation is 1. The Morgan fingerprint density at radius 3 is 2.34 bits per heavy atom. The molecule has 1 aromatic carbocycles. The molecule has 3 rings (SSSR count). The Kier molecular flexibility index (Phi) is 7.67. The zero-order chi connectivity index (χ0) is 21.4. The standard InChI is InChI=1S/C16H20N4O5S.CH2O2/c1-12-17-16(25-18-12)13-3-5-14(6-4-13)20(26(2,22)23)11-15(21)19-7-9-24-10-8-19;2-1-3/h3-6H,7-11H2,1-2H3;1H,(H,2,3). The number of nitrogens with zero attached hydrogens (tertiary/aromatic N) is 4. The van der Waals surface area contributed by atoms with Gasteiger partial charge in [0.15, 0.2) is 5.82 Å². The van der Waals surface area contributed by atoms with Crippen LogP contribution in [0.25, 0.3) is 11.5 Å². The number of carbonyl (C=O) groups is 2. The van der Waals surface area contributed by atoms with Gasteiger partial charge in [-0.05, 0) is 31.2 Å². The molecule has 11 nitrogen and oxygen atoms in total. The van der Waals surface area contributed by atoms with Crippen LogP contribution in [0.5, 0.6) is 0 Å². The van der Waals surface area contributed by atoms with Gasteiger partial charge >= 0.3 is 0 Å². The van der Waals surface area contributed by atoms with Crippen molar-refractivity contribution in [2.45, 2.75) is 6.92 Å². The maximum Gasteiger partial charge on any atom is 0.290 e. The number of benzene rings is 1. The number of ether oxygens (including phenoxy) is 1. The highest BCUT2D eigenvalue weighted by Gasteiger charge is 2.25. The summed E-state index contributed by atoms with van der Waals surface area (Å²) in [5, 5.41) is 10.6. The minimum absolute atomic E-state index is 0.250. The van der Waals surface area contributed by atoms with Crippen LogP contribution in [0.2, 0.25) is 0 Å². The molecule has 1 aromatic heterocycles. The molecular weight excluding hydrogens is 404 g/mol. The second-order valence-electron chi connectivity index (χ2n) is 6.06. The molecule has 0 unspecified atom stereocenters. The molecule has 0 spiro atoms. The summed E-state index contributed by atoms with van der Waals surface area (Å²) in [7, 11) is -3.62. The van der Waals surface area contributed by atoms with Gasteiger partial charge in [-0.15, -0.1) is 0 Å². The van der Waals surface area contributed by atoms with Crippen molar-refractivity contribution in [3.05, 3.63) is 30.1 Å². The van der Waals surface area contributed by atoms with Crippen LogP contribution in [0.15, 0.2) is 28.8 Å². The normalized spacial score (nSPS) is 13.9. The minimum Gasteiger partial charge on any atom is -0.483 e. The Hall–Kier alpha value is -2.99. The van der Waals surface area contributed by atoms with Gasteiger partial charge in [0, 0.05) is 18.7 Å². The van der Waals surface area contributed by atoms with Crippen LogP contribution in [0.4, 0.5) is 5.69 Å². The lowest BCUT2D eigenvalue weighted by Gasteiger charge is -2.30. The predicted octanol–water partition coefficient (Wildman–Crippen LogP) is 0.371. The van der Waals surface area contributed by atoms with Gasteiger partial charge < -0.3 is 19.3 Å². The van der Waals surface area contributed by atoms with Gasteiger partial charge in [-0.25, -0.2) is 8.42 Å². The number of anilines is 1. The molecule has 0 aliphatic carbocycles. The number of morpholine rings is 1. The first-order chi connectivity index (χ1) is 13.8. The highest BCUT2D eigenvalue weighted by atomic mass is 32.2. The van der Waals surface area contributed by atoms with Crippen molar-refractivity contribution in [2.75, 3.05) is 43.4 Å². The first-order valence-corrected chi connectivity index (χ1v) is 10.4. The van der Waals surface area contributed by atoms with E-state index in [1.165, 1.54) is 0 Å². The maximum atomic E-state index is 12.5. The van der Waals surface area contributed by atoms with Crippen LogP contribution in [0.3, 0.4) is 0 Å². The SMILES string of the molecule is Cc1noc(-c2ccc(N(CC(=O)N3CCOCC3)S(C)(=O)=O)cc2)n1.O=CO. The van der Waals surface area contributed by atoms with E-state index in [9.17, 15) is 13.2 Å². The minimum atomic E-state index is -3.62. The van der Waals surface area contributed by atoms with E-state index in [1.807, 2.05) is 0 Å². The molecule has 1 fully saturated rings. The fourth-order valence-corrected chi connectivity index (χ4v) is 3.47. The monoisotopic (exact) mass is 426 g/mol. The maximum absolute atomic E-state index is 12.5. The van der Waals surface area contributed by atoms with Crippen LogP contribution in [-0.4, -0.2) is 80.0 Å². The number of carbonyl (C=O) groups excluding carboxylic acids is 1. The third-order valence-corrected chi connectivity index (χ3v) is 5.11. The summed E-state index contributed by atoms with van der Waals surface area (Å²) in [5.74, 6) is 0.609. The summed E-state index contributed by atoms with van der Waals surface area (Å²) >= 11 is 0. The number of amides is 1. The van der Waals surface area contributed by atoms with Crippen LogP contribution < -0.4 is 4.31 Å². The van der Waals surface area contributed by atoms with Gasteiger partial charge in [-0.2, -0.15) is 4.98 Å². The fourth-order valence-electron chi connectivity index (χ4n) is 2.62. The van der Waals surface area contributed by atoms with Gasteiger partial charge in [-0.1, -0.05) is 5.16 Å². The van der Waals surface area contributed by atoms with E-state index < -0.39 is 10.0 Å². The van der Waals surface area contributed by atoms with E-state index in [2.05, 4.69) is 10.1 Å². The molecule has 1 N–H and O–H groups in total. The number of carboxylic acid groups (broad SMARTS) is 1. The molecule has 0 saturated carbocycles. The van der Waals surface area contributed by atoms with Gasteiger partial charge in [-0.3, -0.25) is 13.9 Å².